The van der Waals surface area contributed by atoms with Gasteiger partial charge < -0.3 is 9.84 Å². The second-order valence-electron chi connectivity index (χ2n) is 7.42. The van der Waals surface area contributed by atoms with E-state index in [4.69, 9.17) is 11.2 Å². The Balaban J connectivity index is 1.78. The maximum Gasteiger partial charge on any atom is 0.403 e. The molecule has 0 radical (unpaired) electrons. The van der Waals surface area contributed by atoms with Crippen molar-refractivity contribution in [1.82, 2.24) is 5.32 Å². The van der Waals surface area contributed by atoms with E-state index in [0.717, 1.165) is 0 Å². The van der Waals surface area contributed by atoms with Gasteiger partial charge in [0.15, 0.2) is 5.78 Å². The number of terminal acetylenes is 1. The van der Waals surface area contributed by atoms with Gasteiger partial charge in [0.1, 0.15) is 30.6 Å². The third kappa shape index (κ3) is 3.53. The van der Waals surface area contributed by atoms with Gasteiger partial charge in [-0.15, -0.1) is 6.42 Å². The van der Waals surface area contributed by atoms with E-state index in [0.29, 0.717) is 19.3 Å². The SMILES string of the molecule is C#CCOC1NC(C(F)(F)F)CCC1C(=O)C1C(=O)C2CCC(C2)C1O. The lowest BCUT2D eigenvalue weighted by Gasteiger charge is -2.40. The number of hydrogen-bond acceptors (Lipinski definition) is 5. The van der Waals surface area contributed by atoms with E-state index in [1.807, 2.05) is 0 Å². The second-order valence-corrected chi connectivity index (χ2v) is 7.42. The molecule has 2 bridgehead atoms. The summed E-state index contributed by atoms with van der Waals surface area (Å²) in [6, 6.07) is -1.79. The van der Waals surface area contributed by atoms with E-state index in [1.54, 1.807) is 0 Å². The number of piperidine rings is 1. The van der Waals surface area contributed by atoms with Gasteiger partial charge in [0.2, 0.25) is 0 Å². The first-order chi connectivity index (χ1) is 12.2. The number of Topliss-reactive ketones (excluding diaryl/α,β-unsaturated/α-hetero) is 2. The summed E-state index contributed by atoms with van der Waals surface area (Å²) in [7, 11) is 0. The van der Waals surface area contributed by atoms with Gasteiger partial charge in [-0.1, -0.05) is 5.92 Å². The fourth-order valence-corrected chi connectivity index (χ4v) is 4.57. The van der Waals surface area contributed by atoms with Crippen molar-refractivity contribution in [3.05, 3.63) is 0 Å². The van der Waals surface area contributed by atoms with Crippen LogP contribution in [0.2, 0.25) is 0 Å². The summed E-state index contributed by atoms with van der Waals surface area (Å²) in [5.41, 5.74) is 0. The van der Waals surface area contributed by atoms with Crippen LogP contribution in [0.15, 0.2) is 0 Å². The molecule has 1 aliphatic heterocycles. The molecule has 3 rings (SSSR count). The lowest BCUT2D eigenvalue weighted by Crippen LogP contribution is -2.59. The van der Waals surface area contributed by atoms with Crippen molar-refractivity contribution in [2.24, 2.45) is 23.7 Å². The number of carbonyl (C=O) groups excluding carboxylic acids is 2. The Morgan fingerprint density at radius 1 is 1.31 bits per heavy atom. The third-order valence-corrected chi connectivity index (χ3v) is 5.92. The van der Waals surface area contributed by atoms with Crippen LogP contribution < -0.4 is 5.32 Å². The Kier molecular flexibility index (Phi) is 5.42. The molecule has 0 aromatic rings. The van der Waals surface area contributed by atoms with E-state index in [9.17, 15) is 27.9 Å². The molecule has 26 heavy (non-hydrogen) atoms. The van der Waals surface area contributed by atoms with Gasteiger partial charge in [-0.05, 0) is 38.0 Å². The number of hydrogen-bond donors (Lipinski definition) is 2. The molecule has 144 valence electrons. The monoisotopic (exact) mass is 373 g/mol. The molecule has 2 aliphatic carbocycles. The van der Waals surface area contributed by atoms with Crippen molar-refractivity contribution in [2.45, 2.75) is 56.7 Å². The predicted octanol–water partition coefficient (Wildman–Crippen LogP) is 1.44. The highest BCUT2D eigenvalue weighted by atomic mass is 19.4. The minimum absolute atomic E-state index is 0.0723. The molecule has 0 spiro atoms. The van der Waals surface area contributed by atoms with Crippen molar-refractivity contribution in [3.63, 3.8) is 0 Å². The van der Waals surface area contributed by atoms with Crippen LogP contribution in [-0.2, 0) is 14.3 Å². The Hall–Kier alpha value is -1.43. The molecule has 1 saturated heterocycles. The van der Waals surface area contributed by atoms with Gasteiger partial charge in [-0.2, -0.15) is 13.2 Å². The molecule has 2 N–H and O–H groups in total. The Morgan fingerprint density at radius 3 is 2.69 bits per heavy atom. The third-order valence-electron chi connectivity index (χ3n) is 5.92. The lowest BCUT2D eigenvalue weighted by molar-refractivity contribution is -0.184. The fourth-order valence-electron chi connectivity index (χ4n) is 4.57. The number of aliphatic hydroxyl groups is 1. The first-order valence-corrected chi connectivity index (χ1v) is 8.87. The number of nitrogens with one attached hydrogen (secondary N) is 1. The molecular formula is C18H22F3NO4. The number of halogens is 3. The first kappa shape index (κ1) is 19.3. The van der Waals surface area contributed by atoms with Crippen LogP contribution in [0.5, 0.6) is 0 Å². The van der Waals surface area contributed by atoms with Crippen LogP contribution in [0.1, 0.15) is 32.1 Å². The first-order valence-electron chi connectivity index (χ1n) is 8.87. The Morgan fingerprint density at radius 2 is 2.04 bits per heavy atom. The molecular weight excluding hydrogens is 351 g/mol. The maximum absolute atomic E-state index is 13.0. The van der Waals surface area contributed by atoms with E-state index < -0.39 is 42.2 Å². The predicted molar refractivity (Wildman–Crippen MR) is 84.6 cm³/mol. The standard InChI is InChI=1S/C18H22F3NO4/c1-2-7-26-17-11(5-6-12(22-17)18(19,20)21)16(25)13-14(23)9-3-4-10(8-9)15(13)24/h1,9-14,17,22-23H,3-8H2. The maximum atomic E-state index is 13.0. The van der Waals surface area contributed by atoms with Crippen LogP contribution >= 0.6 is 0 Å². The molecule has 2 saturated carbocycles. The van der Waals surface area contributed by atoms with Gasteiger partial charge in [-0.3, -0.25) is 14.9 Å². The van der Waals surface area contributed by atoms with Crippen molar-refractivity contribution in [1.29, 1.82) is 0 Å². The molecule has 3 fully saturated rings. The number of aliphatic hydroxyl groups excluding tert-OH is 1. The van der Waals surface area contributed by atoms with Gasteiger partial charge >= 0.3 is 6.18 Å². The highest BCUT2D eigenvalue weighted by Gasteiger charge is 2.54. The fraction of sp³-hybridized carbons (Fsp3) is 0.778. The highest BCUT2D eigenvalue weighted by molar-refractivity contribution is 6.05. The lowest BCUT2D eigenvalue weighted by atomic mass is 9.71. The van der Waals surface area contributed by atoms with E-state index in [1.165, 1.54) is 0 Å². The van der Waals surface area contributed by atoms with Crippen molar-refractivity contribution < 1.29 is 32.6 Å². The number of alkyl halides is 3. The molecule has 1 heterocycles. The number of fused-ring (bicyclic) bond motifs is 2. The Bertz CT molecular complexity index is 615. The van der Waals surface area contributed by atoms with Crippen LogP contribution in [0.4, 0.5) is 13.2 Å². The molecule has 0 aromatic heterocycles. The summed E-state index contributed by atoms with van der Waals surface area (Å²) in [5, 5.41) is 12.8. The molecule has 7 unspecified atom stereocenters. The number of rotatable bonds is 4. The van der Waals surface area contributed by atoms with Crippen LogP contribution in [0.25, 0.3) is 0 Å². The molecule has 8 heteroatoms. The van der Waals surface area contributed by atoms with Gasteiger partial charge in [0.25, 0.3) is 0 Å². The minimum atomic E-state index is -4.47. The number of carbonyl (C=O) groups is 2. The largest absolute Gasteiger partial charge is 0.403 e. The average Bonchev–Trinajstić information content (AvgIpc) is 3.04. The summed E-state index contributed by atoms with van der Waals surface area (Å²) in [4.78, 5) is 25.6. The quantitative estimate of drug-likeness (QED) is 0.576. The van der Waals surface area contributed by atoms with Gasteiger partial charge in [0.05, 0.1) is 12.0 Å². The smallest absolute Gasteiger partial charge is 0.392 e. The summed E-state index contributed by atoms with van der Waals surface area (Å²) in [6.07, 6.45) is -0.0789. The molecule has 0 amide bonds. The molecule has 0 aromatic carbocycles. The molecule has 3 aliphatic rings. The summed E-state index contributed by atoms with van der Waals surface area (Å²) >= 11 is 0. The minimum Gasteiger partial charge on any atom is -0.392 e. The zero-order chi connectivity index (χ0) is 19.1. The number of ether oxygens (including phenoxy) is 1. The Labute approximate surface area is 149 Å². The van der Waals surface area contributed by atoms with Crippen LogP contribution in [0, 0.1) is 36.0 Å². The van der Waals surface area contributed by atoms with Gasteiger partial charge in [0, 0.05) is 5.92 Å². The summed E-state index contributed by atoms with van der Waals surface area (Å²) in [6.45, 7) is -0.252. The van der Waals surface area contributed by atoms with Crippen molar-refractivity contribution in [3.8, 4) is 12.3 Å². The van der Waals surface area contributed by atoms with Crippen molar-refractivity contribution >= 4 is 11.6 Å². The zero-order valence-electron chi connectivity index (χ0n) is 14.2. The second kappa shape index (κ2) is 7.29. The number of ketones is 2. The van der Waals surface area contributed by atoms with E-state index in [-0.39, 0.29) is 37.1 Å². The zero-order valence-corrected chi connectivity index (χ0v) is 14.2. The van der Waals surface area contributed by atoms with Crippen LogP contribution in [-0.4, -0.2) is 47.8 Å². The van der Waals surface area contributed by atoms with Crippen LogP contribution in [0.3, 0.4) is 0 Å². The summed E-state index contributed by atoms with van der Waals surface area (Å²) < 4.78 is 44.3. The van der Waals surface area contributed by atoms with Crippen molar-refractivity contribution in [2.75, 3.05) is 6.61 Å². The normalized spacial score (nSPS) is 40.3. The average molecular weight is 373 g/mol. The topological polar surface area (TPSA) is 75.6 Å². The molecule has 7 atom stereocenters. The van der Waals surface area contributed by atoms with E-state index >= 15 is 0 Å². The summed E-state index contributed by atoms with van der Waals surface area (Å²) in [5.74, 6) is -1.09. The van der Waals surface area contributed by atoms with E-state index in [2.05, 4.69) is 11.2 Å². The molecule has 5 nitrogen and oxygen atoms in total. The highest BCUT2D eigenvalue weighted by Crippen LogP contribution is 2.44. The van der Waals surface area contributed by atoms with Gasteiger partial charge in [-0.25, -0.2) is 0 Å².